The van der Waals surface area contributed by atoms with Crippen molar-refractivity contribution in [1.29, 1.82) is 0 Å². The van der Waals surface area contributed by atoms with E-state index in [-0.39, 0.29) is 31.2 Å². The van der Waals surface area contributed by atoms with Gasteiger partial charge in [0.15, 0.2) is 0 Å². The van der Waals surface area contributed by atoms with Crippen LogP contribution in [0, 0.1) is 0 Å². The molecule has 0 aromatic heterocycles. The highest BCUT2D eigenvalue weighted by Crippen LogP contribution is 2.27. The third-order valence-corrected chi connectivity index (χ3v) is 5.36. The molecular formula is C19H26F2N4O3. The number of amides is 2. The highest BCUT2D eigenvalue weighted by atomic mass is 19.3. The number of carboxylic acid groups (broad SMARTS) is 1. The van der Waals surface area contributed by atoms with Gasteiger partial charge < -0.3 is 15.7 Å². The molecule has 7 nitrogen and oxygen atoms in total. The van der Waals surface area contributed by atoms with Gasteiger partial charge in [-0.2, -0.15) is 0 Å². The Kier molecular flexibility index (Phi) is 6.46. The summed E-state index contributed by atoms with van der Waals surface area (Å²) < 4.78 is 25.1. The van der Waals surface area contributed by atoms with Crippen LogP contribution in [0.4, 0.5) is 19.3 Å². The minimum Gasteiger partial charge on any atom is -0.480 e. The molecule has 3 N–H and O–H groups in total. The molecule has 9 heteroatoms. The van der Waals surface area contributed by atoms with Crippen LogP contribution in [0.1, 0.15) is 30.9 Å². The number of benzene rings is 1. The van der Waals surface area contributed by atoms with Crippen molar-refractivity contribution in [1.82, 2.24) is 15.1 Å². The molecule has 1 aromatic carbocycles. The normalized spacial score (nSPS) is 21.5. The summed E-state index contributed by atoms with van der Waals surface area (Å²) in [6, 6.07) is 5.35. The van der Waals surface area contributed by atoms with E-state index in [1.165, 1.54) is 0 Å². The first-order chi connectivity index (χ1) is 13.3. The van der Waals surface area contributed by atoms with Crippen molar-refractivity contribution in [2.24, 2.45) is 0 Å². The van der Waals surface area contributed by atoms with Gasteiger partial charge in [-0.1, -0.05) is 13.0 Å². The quantitative estimate of drug-likeness (QED) is 0.628. The van der Waals surface area contributed by atoms with Crippen LogP contribution < -0.4 is 10.6 Å². The van der Waals surface area contributed by atoms with Crippen molar-refractivity contribution in [3.8, 4) is 0 Å². The van der Waals surface area contributed by atoms with E-state index in [1.54, 1.807) is 11.0 Å². The molecular weight excluding hydrogens is 370 g/mol. The molecule has 1 fully saturated rings. The summed E-state index contributed by atoms with van der Waals surface area (Å²) in [6.45, 7) is 3.30. The number of hydrogen-bond acceptors (Lipinski definition) is 4. The van der Waals surface area contributed by atoms with Gasteiger partial charge in [0.2, 0.25) is 0 Å². The number of fused-ring (bicyclic) bond motifs is 1. The van der Waals surface area contributed by atoms with Gasteiger partial charge in [0.1, 0.15) is 0 Å². The van der Waals surface area contributed by atoms with E-state index < -0.39 is 12.4 Å². The lowest BCUT2D eigenvalue weighted by Crippen LogP contribution is -2.55. The Morgan fingerprint density at radius 2 is 2.00 bits per heavy atom. The number of anilines is 1. The van der Waals surface area contributed by atoms with Gasteiger partial charge in [0.25, 0.3) is 6.43 Å². The van der Waals surface area contributed by atoms with E-state index in [9.17, 15) is 18.4 Å². The highest BCUT2D eigenvalue weighted by molar-refractivity contribution is 5.89. The zero-order chi connectivity index (χ0) is 20.3. The molecule has 2 aliphatic rings. The molecule has 0 bridgehead atoms. The van der Waals surface area contributed by atoms with Crippen molar-refractivity contribution < 1.29 is 23.5 Å². The third-order valence-electron chi connectivity index (χ3n) is 5.36. The number of alkyl halides is 2. The fraction of sp³-hybridized carbons (Fsp3) is 0.579. The Hall–Kier alpha value is -2.26. The predicted molar refractivity (Wildman–Crippen MR) is 100 cm³/mol. The number of hydrogen-bond donors (Lipinski definition) is 3. The van der Waals surface area contributed by atoms with Crippen LogP contribution in [0.2, 0.25) is 0 Å². The number of nitrogens with zero attached hydrogens (tertiary/aromatic N) is 2. The van der Waals surface area contributed by atoms with E-state index >= 15 is 0 Å². The zero-order valence-electron chi connectivity index (χ0n) is 15.8. The molecule has 3 rings (SSSR count). The van der Waals surface area contributed by atoms with E-state index in [0.29, 0.717) is 25.3 Å². The maximum Gasteiger partial charge on any atom is 0.319 e. The molecule has 1 aliphatic heterocycles. The fourth-order valence-corrected chi connectivity index (χ4v) is 3.90. The number of carbonyl (C=O) groups is 2. The monoisotopic (exact) mass is 396 g/mol. The molecule has 0 unspecified atom stereocenters. The molecule has 154 valence electrons. The first-order valence-electron chi connectivity index (χ1n) is 9.49. The number of carbonyl (C=O) groups excluding carboxylic acids is 1. The van der Waals surface area contributed by atoms with Crippen LogP contribution in [0.15, 0.2) is 18.2 Å². The number of nitrogens with one attached hydrogen (secondary N) is 2. The summed E-state index contributed by atoms with van der Waals surface area (Å²) >= 11 is 0. The van der Waals surface area contributed by atoms with E-state index in [1.807, 2.05) is 24.0 Å². The number of urea groups is 1. The Morgan fingerprint density at radius 1 is 1.29 bits per heavy atom. The second-order valence-corrected chi connectivity index (χ2v) is 7.42. The van der Waals surface area contributed by atoms with Crippen LogP contribution in [0.5, 0.6) is 0 Å². The smallest absolute Gasteiger partial charge is 0.319 e. The van der Waals surface area contributed by atoms with Crippen molar-refractivity contribution in [2.45, 2.75) is 51.4 Å². The summed E-state index contributed by atoms with van der Waals surface area (Å²) in [7, 11) is 0. The molecule has 1 aliphatic carbocycles. The SMILES string of the molecule is CCN(CC(=O)O)C1CC(NC(=O)Nc2ccc3c(c2)CN(CC(F)F)C3)C1. The molecule has 2 amide bonds. The summed E-state index contributed by atoms with van der Waals surface area (Å²) in [5, 5.41) is 14.6. The van der Waals surface area contributed by atoms with Crippen molar-refractivity contribution >= 4 is 17.7 Å². The van der Waals surface area contributed by atoms with E-state index in [2.05, 4.69) is 10.6 Å². The Bertz CT molecular complexity index is 725. The molecule has 1 heterocycles. The van der Waals surface area contributed by atoms with Crippen LogP contribution in [-0.4, -0.2) is 65.1 Å². The van der Waals surface area contributed by atoms with Gasteiger partial charge in [0, 0.05) is 30.9 Å². The van der Waals surface area contributed by atoms with Gasteiger partial charge in [0.05, 0.1) is 13.1 Å². The summed E-state index contributed by atoms with van der Waals surface area (Å²) in [4.78, 5) is 26.7. The van der Waals surface area contributed by atoms with E-state index in [0.717, 1.165) is 24.0 Å². The lowest BCUT2D eigenvalue weighted by Gasteiger charge is -2.42. The number of halogens is 2. The van der Waals surface area contributed by atoms with Crippen LogP contribution >= 0.6 is 0 Å². The number of aliphatic carboxylic acids is 1. The van der Waals surface area contributed by atoms with Crippen LogP contribution in [-0.2, 0) is 17.9 Å². The Balaban J connectivity index is 1.45. The third kappa shape index (κ3) is 5.17. The number of carboxylic acids is 1. The summed E-state index contributed by atoms with van der Waals surface area (Å²) in [5.74, 6) is -0.847. The lowest BCUT2D eigenvalue weighted by atomic mass is 9.85. The maximum atomic E-state index is 12.5. The maximum absolute atomic E-state index is 12.5. The van der Waals surface area contributed by atoms with Gasteiger partial charge in [-0.3, -0.25) is 14.6 Å². The molecule has 0 saturated heterocycles. The van der Waals surface area contributed by atoms with Crippen molar-refractivity contribution in [3.63, 3.8) is 0 Å². The molecule has 0 spiro atoms. The summed E-state index contributed by atoms with van der Waals surface area (Å²) in [6.07, 6.45) is -0.911. The second kappa shape index (κ2) is 8.83. The molecule has 28 heavy (non-hydrogen) atoms. The second-order valence-electron chi connectivity index (χ2n) is 7.42. The average molecular weight is 396 g/mol. The molecule has 1 saturated carbocycles. The predicted octanol–water partition coefficient (Wildman–Crippen LogP) is 2.33. The number of likely N-dealkylation sites (N-methyl/N-ethyl adjacent to an activating group) is 1. The van der Waals surface area contributed by atoms with Gasteiger partial charge in [-0.05, 0) is 42.6 Å². The Labute approximate surface area is 162 Å². The topological polar surface area (TPSA) is 84.9 Å². The first kappa shape index (κ1) is 20.5. The van der Waals surface area contributed by atoms with Gasteiger partial charge >= 0.3 is 12.0 Å². The van der Waals surface area contributed by atoms with Gasteiger partial charge in [-0.15, -0.1) is 0 Å². The number of rotatable bonds is 8. The van der Waals surface area contributed by atoms with E-state index in [4.69, 9.17) is 5.11 Å². The van der Waals surface area contributed by atoms with Crippen LogP contribution in [0.3, 0.4) is 0 Å². The Morgan fingerprint density at radius 3 is 2.64 bits per heavy atom. The average Bonchev–Trinajstić information content (AvgIpc) is 2.96. The highest BCUT2D eigenvalue weighted by Gasteiger charge is 2.34. The lowest BCUT2D eigenvalue weighted by molar-refractivity contribution is -0.139. The van der Waals surface area contributed by atoms with Crippen molar-refractivity contribution in [3.05, 3.63) is 29.3 Å². The van der Waals surface area contributed by atoms with Crippen LogP contribution in [0.25, 0.3) is 0 Å². The molecule has 0 radical (unpaired) electrons. The standard InChI is InChI=1S/C19H26F2N4O3/c1-2-25(11-18(26)27)16-6-15(7-16)23-19(28)22-14-4-3-12-8-24(10-17(20)21)9-13(12)5-14/h3-5,15-17H,2,6-11H2,1H3,(H,26,27)(H2,22,23,28). The summed E-state index contributed by atoms with van der Waals surface area (Å²) in [5.41, 5.74) is 2.59. The fourth-order valence-electron chi connectivity index (χ4n) is 3.90. The molecule has 0 atom stereocenters. The minimum absolute atomic E-state index is 0.0117. The van der Waals surface area contributed by atoms with Gasteiger partial charge in [-0.25, -0.2) is 13.6 Å². The largest absolute Gasteiger partial charge is 0.480 e. The molecule has 1 aromatic rings. The van der Waals surface area contributed by atoms with Crippen molar-refractivity contribution in [2.75, 3.05) is 25.0 Å². The first-order valence-corrected chi connectivity index (χ1v) is 9.49. The zero-order valence-corrected chi connectivity index (χ0v) is 15.8. The minimum atomic E-state index is -2.36.